The summed E-state index contributed by atoms with van der Waals surface area (Å²) in [5.74, 6) is 4.35. The van der Waals surface area contributed by atoms with Crippen molar-refractivity contribution in [3.8, 4) is 0 Å². The number of rotatable bonds is 7. The van der Waals surface area contributed by atoms with E-state index in [1.54, 1.807) is 13.4 Å². The molecule has 8 nitrogen and oxygen atoms in total. The average Bonchev–Trinajstić information content (AvgIpc) is 3.39. The van der Waals surface area contributed by atoms with Crippen LogP contribution in [0, 0.1) is 5.92 Å². The van der Waals surface area contributed by atoms with E-state index in [1.807, 2.05) is 16.8 Å². The Hall–Kier alpha value is -2.35. The van der Waals surface area contributed by atoms with Crippen LogP contribution in [0.15, 0.2) is 27.8 Å². The van der Waals surface area contributed by atoms with E-state index in [0.717, 1.165) is 49.2 Å². The summed E-state index contributed by atoms with van der Waals surface area (Å²) in [6, 6.07) is 4.69. The molecule has 8 heteroatoms. The fourth-order valence-electron chi connectivity index (χ4n) is 4.43. The van der Waals surface area contributed by atoms with Crippen LogP contribution in [0.1, 0.15) is 56.4 Å². The summed E-state index contributed by atoms with van der Waals surface area (Å²) < 4.78 is 12.6. The number of methoxy groups -OCH3 is 1. The third-order valence-electron chi connectivity index (χ3n) is 6.16. The van der Waals surface area contributed by atoms with Gasteiger partial charge in [-0.3, -0.25) is 4.99 Å². The lowest BCUT2D eigenvalue weighted by Crippen LogP contribution is -2.52. The monoisotopic (exact) mass is 414 g/mol. The molecule has 0 saturated heterocycles. The van der Waals surface area contributed by atoms with Crippen LogP contribution in [-0.4, -0.2) is 46.5 Å². The maximum absolute atomic E-state index is 5.45. The minimum absolute atomic E-state index is 0.281. The van der Waals surface area contributed by atoms with Crippen LogP contribution in [0.4, 0.5) is 0 Å². The maximum atomic E-state index is 5.45. The van der Waals surface area contributed by atoms with Gasteiger partial charge in [0, 0.05) is 38.6 Å². The maximum Gasteiger partial charge on any atom is 0.191 e. The van der Waals surface area contributed by atoms with E-state index in [4.69, 9.17) is 14.1 Å². The smallest absolute Gasteiger partial charge is 0.191 e. The molecule has 3 unspecified atom stereocenters. The van der Waals surface area contributed by atoms with E-state index < -0.39 is 0 Å². The quantitative estimate of drug-likeness (QED) is 0.535. The highest BCUT2D eigenvalue weighted by molar-refractivity contribution is 5.80. The molecule has 2 aliphatic rings. The molecule has 3 heterocycles. The number of aromatic nitrogens is 3. The van der Waals surface area contributed by atoms with Gasteiger partial charge in [0.05, 0.1) is 12.8 Å². The standard InChI is InChI=1S/C22H34N6O2/c1-16-6-3-4-8-19(16)25-22(23-12-11-18-7-5-13-30-18)24-17-9-10-21-26-20(15-29-2)27-28(21)14-17/h5,7,13,16-17,19H,3-4,6,8-12,14-15H2,1-2H3,(H2,23,24,25). The normalized spacial score (nSPS) is 24.5. The van der Waals surface area contributed by atoms with Crippen molar-refractivity contribution in [1.82, 2.24) is 25.4 Å². The zero-order chi connectivity index (χ0) is 20.8. The predicted octanol–water partition coefficient (Wildman–Crippen LogP) is 2.69. The first kappa shape index (κ1) is 20.9. The Morgan fingerprint density at radius 1 is 1.30 bits per heavy atom. The van der Waals surface area contributed by atoms with Gasteiger partial charge < -0.3 is 19.8 Å². The second-order valence-corrected chi connectivity index (χ2v) is 8.51. The highest BCUT2D eigenvalue weighted by Gasteiger charge is 2.25. The molecule has 3 atom stereocenters. The van der Waals surface area contributed by atoms with E-state index >= 15 is 0 Å². The first-order valence-corrected chi connectivity index (χ1v) is 11.2. The second-order valence-electron chi connectivity index (χ2n) is 8.51. The molecule has 1 saturated carbocycles. The fraction of sp³-hybridized carbons (Fsp3) is 0.682. The Labute approximate surface area is 178 Å². The number of nitrogens with zero attached hydrogens (tertiary/aromatic N) is 4. The lowest BCUT2D eigenvalue weighted by molar-refractivity contribution is 0.177. The first-order chi connectivity index (χ1) is 14.7. The van der Waals surface area contributed by atoms with Crippen LogP contribution in [0.3, 0.4) is 0 Å². The van der Waals surface area contributed by atoms with Gasteiger partial charge in [-0.15, -0.1) is 0 Å². The molecule has 2 aromatic rings. The van der Waals surface area contributed by atoms with E-state index in [-0.39, 0.29) is 6.04 Å². The summed E-state index contributed by atoms with van der Waals surface area (Å²) >= 11 is 0. The number of furan rings is 1. The lowest BCUT2D eigenvalue weighted by atomic mass is 9.86. The molecule has 0 amide bonds. The number of aliphatic imine (C=N–C) groups is 1. The van der Waals surface area contributed by atoms with Crippen molar-refractivity contribution in [3.63, 3.8) is 0 Å². The molecule has 2 N–H and O–H groups in total. The zero-order valence-electron chi connectivity index (χ0n) is 18.1. The van der Waals surface area contributed by atoms with Crippen LogP contribution >= 0.6 is 0 Å². The number of fused-ring (bicyclic) bond motifs is 1. The van der Waals surface area contributed by atoms with Crippen molar-refractivity contribution in [3.05, 3.63) is 35.8 Å². The summed E-state index contributed by atoms with van der Waals surface area (Å²) in [6.07, 6.45) is 9.56. The van der Waals surface area contributed by atoms with Crippen molar-refractivity contribution in [1.29, 1.82) is 0 Å². The van der Waals surface area contributed by atoms with E-state index in [9.17, 15) is 0 Å². The Balaban J connectivity index is 1.40. The Bertz CT molecular complexity index is 816. The average molecular weight is 415 g/mol. The van der Waals surface area contributed by atoms with E-state index in [1.165, 1.54) is 25.7 Å². The summed E-state index contributed by atoms with van der Waals surface area (Å²) in [7, 11) is 1.67. The molecular formula is C22H34N6O2. The van der Waals surface area contributed by atoms with Gasteiger partial charge in [-0.2, -0.15) is 5.10 Å². The SMILES string of the molecule is COCc1nc2n(n1)CC(NC(=NCCc1ccco1)NC1CCCCC1C)CC2. The van der Waals surface area contributed by atoms with Crippen LogP contribution < -0.4 is 10.6 Å². The van der Waals surface area contributed by atoms with Crippen molar-refractivity contribution in [2.24, 2.45) is 10.9 Å². The molecule has 0 spiro atoms. The number of guanidine groups is 1. The van der Waals surface area contributed by atoms with Crippen molar-refractivity contribution >= 4 is 5.96 Å². The van der Waals surface area contributed by atoms with Crippen LogP contribution in [0.5, 0.6) is 0 Å². The molecule has 0 bridgehead atoms. The molecule has 164 valence electrons. The molecular weight excluding hydrogens is 380 g/mol. The molecule has 2 aromatic heterocycles. The van der Waals surface area contributed by atoms with Crippen LogP contribution in [0.2, 0.25) is 0 Å². The third-order valence-corrected chi connectivity index (χ3v) is 6.16. The molecule has 1 fully saturated rings. The minimum atomic E-state index is 0.281. The molecule has 30 heavy (non-hydrogen) atoms. The largest absolute Gasteiger partial charge is 0.469 e. The third kappa shape index (κ3) is 5.41. The van der Waals surface area contributed by atoms with Gasteiger partial charge >= 0.3 is 0 Å². The van der Waals surface area contributed by atoms with Gasteiger partial charge in [-0.1, -0.05) is 19.8 Å². The van der Waals surface area contributed by atoms with Gasteiger partial charge in [0.25, 0.3) is 0 Å². The number of ether oxygens (including phenoxy) is 1. The predicted molar refractivity (Wildman–Crippen MR) is 115 cm³/mol. The summed E-state index contributed by atoms with van der Waals surface area (Å²) in [4.78, 5) is 9.46. The number of hydrogen-bond acceptors (Lipinski definition) is 5. The first-order valence-electron chi connectivity index (χ1n) is 11.2. The van der Waals surface area contributed by atoms with E-state index in [2.05, 4.69) is 27.6 Å². The van der Waals surface area contributed by atoms with Crippen LogP contribution in [0.25, 0.3) is 0 Å². The molecule has 4 rings (SSSR count). The molecule has 0 radical (unpaired) electrons. The van der Waals surface area contributed by atoms with Crippen molar-refractivity contribution in [2.75, 3.05) is 13.7 Å². The molecule has 1 aliphatic carbocycles. The summed E-state index contributed by atoms with van der Waals surface area (Å²) in [6.45, 7) is 4.30. The van der Waals surface area contributed by atoms with Crippen molar-refractivity contribution < 1.29 is 9.15 Å². The summed E-state index contributed by atoms with van der Waals surface area (Å²) in [5.41, 5.74) is 0. The topological polar surface area (TPSA) is 89.5 Å². The lowest BCUT2D eigenvalue weighted by Gasteiger charge is -2.32. The van der Waals surface area contributed by atoms with Gasteiger partial charge in [-0.05, 0) is 37.3 Å². The zero-order valence-corrected chi connectivity index (χ0v) is 18.1. The van der Waals surface area contributed by atoms with Gasteiger partial charge in [0.1, 0.15) is 18.2 Å². The van der Waals surface area contributed by atoms with Gasteiger partial charge in [0.15, 0.2) is 11.8 Å². The van der Waals surface area contributed by atoms with Crippen LogP contribution in [-0.2, 0) is 30.7 Å². The highest BCUT2D eigenvalue weighted by Crippen LogP contribution is 2.23. The van der Waals surface area contributed by atoms with Gasteiger partial charge in [-0.25, -0.2) is 9.67 Å². The molecule has 1 aliphatic heterocycles. The van der Waals surface area contributed by atoms with Gasteiger partial charge in [0.2, 0.25) is 0 Å². The second kappa shape index (κ2) is 10.1. The number of nitrogens with one attached hydrogen (secondary N) is 2. The Morgan fingerprint density at radius 3 is 3.00 bits per heavy atom. The number of hydrogen-bond donors (Lipinski definition) is 2. The summed E-state index contributed by atoms with van der Waals surface area (Å²) in [5, 5.41) is 12.0. The highest BCUT2D eigenvalue weighted by atomic mass is 16.5. The minimum Gasteiger partial charge on any atom is -0.469 e. The fourth-order valence-corrected chi connectivity index (χ4v) is 4.43. The van der Waals surface area contributed by atoms with Crippen molar-refractivity contribution in [2.45, 2.75) is 77.1 Å². The number of aryl methyl sites for hydroxylation is 1. The Morgan fingerprint density at radius 2 is 2.20 bits per heavy atom. The molecule has 0 aromatic carbocycles. The Kier molecular flexibility index (Phi) is 7.04. The van der Waals surface area contributed by atoms with E-state index in [0.29, 0.717) is 25.1 Å².